The van der Waals surface area contributed by atoms with Crippen LogP contribution in [0.3, 0.4) is 0 Å². The van der Waals surface area contributed by atoms with E-state index in [4.69, 9.17) is 9.52 Å². The van der Waals surface area contributed by atoms with Crippen LogP contribution in [-0.2, 0) is 10.0 Å². The SMILES string of the molecule is CC(C)N1CCN(S(=O)(=O)c2cc(C(=O)O)oc2Br)CC1. The molecular weight excluding hydrogens is 364 g/mol. The summed E-state index contributed by atoms with van der Waals surface area (Å²) in [5, 5.41) is 8.86. The lowest BCUT2D eigenvalue weighted by atomic mass is 10.3. The van der Waals surface area contributed by atoms with Crippen molar-refractivity contribution in [3.63, 3.8) is 0 Å². The normalized spacial score (nSPS) is 18.3. The second kappa shape index (κ2) is 6.07. The number of hydrogen-bond acceptors (Lipinski definition) is 5. The van der Waals surface area contributed by atoms with E-state index in [9.17, 15) is 13.2 Å². The molecule has 1 N–H and O–H groups in total. The van der Waals surface area contributed by atoms with Crippen LogP contribution in [0.5, 0.6) is 0 Å². The molecule has 0 bridgehead atoms. The Bertz CT molecular complexity index is 632. The van der Waals surface area contributed by atoms with Gasteiger partial charge in [-0.1, -0.05) is 0 Å². The van der Waals surface area contributed by atoms with Gasteiger partial charge in [0, 0.05) is 38.3 Å². The minimum atomic E-state index is -3.75. The number of carbonyl (C=O) groups is 1. The van der Waals surface area contributed by atoms with Crippen LogP contribution in [0.25, 0.3) is 0 Å². The number of carboxylic acid groups (broad SMARTS) is 1. The van der Waals surface area contributed by atoms with Gasteiger partial charge in [-0.15, -0.1) is 0 Å². The maximum atomic E-state index is 12.5. The van der Waals surface area contributed by atoms with Crippen molar-refractivity contribution >= 4 is 31.9 Å². The van der Waals surface area contributed by atoms with E-state index in [0.717, 1.165) is 6.07 Å². The Balaban J connectivity index is 2.21. The van der Waals surface area contributed by atoms with Gasteiger partial charge in [0.2, 0.25) is 15.8 Å². The van der Waals surface area contributed by atoms with Gasteiger partial charge in [0.05, 0.1) is 0 Å². The summed E-state index contributed by atoms with van der Waals surface area (Å²) >= 11 is 2.98. The Hall–Kier alpha value is -0.900. The molecule has 1 aromatic heterocycles. The van der Waals surface area contributed by atoms with Gasteiger partial charge in [0.15, 0.2) is 4.67 Å². The molecule has 0 aromatic carbocycles. The van der Waals surface area contributed by atoms with Crippen LogP contribution in [0, 0.1) is 0 Å². The molecule has 7 nitrogen and oxygen atoms in total. The van der Waals surface area contributed by atoms with E-state index in [0.29, 0.717) is 32.2 Å². The van der Waals surface area contributed by atoms with E-state index in [1.807, 2.05) is 0 Å². The summed E-state index contributed by atoms with van der Waals surface area (Å²) in [6.45, 7) is 6.18. The van der Waals surface area contributed by atoms with Crippen molar-refractivity contribution < 1.29 is 22.7 Å². The molecule has 0 aliphatic carbocycles. The number of rotatable bonds is 4. The van der Waals surface area contributed by atoms with Gasteiger partial charge < -0.3 is 9.52 Å². The number of nitrogens with zero attached hydrogens (tertiary/aromatic N) is 2. The van der Waals surface area contributed by atoms with Gasteiger partial charge in [-0.2, -0.15) is 4.31 Å². The zero-order valence-electron chi connectivity index (χ0n) is 11.7. The van der Waals surface area contributed by atoms with E-state index in [1.54, 1.807) is 0 Å². The molecule has 0 spiro atoms. The second-order valence-corrected chi connectivity index (χ2v) is 7.71. The highest BCUT2D eigenvalue weighted by Gasteiger charge is 2.33. The van der Waals surface area contributed by atoms with E-state index in [-0.39, 0.29) is 9.56 Å². The van der Waals surface area contributed by atoms with Crippen molar-refractivity contribution in [2.45, 2.75) is 24.8 Å². The largest absolute Gasteiger partial charge is 0.475 e. The molecule has 0 unspecified atom stereocenters. The molecule has 21 heavy (non-hydrogen) atoms. The highest BCUT2D eigenvalue weighted by Crippen LogP contribution is 2.29. The molecule has 1 aliphatic heterocycles. The molecule has 1 aromatic rings. The van der Waals surface area contributed by atoms with Crippen LogP contribution in [0.2, 0.25) is 0 Å². The molecule has 0 saturated carbocycles. The third-order valence-corrected chi connectivity index (χ3v) is 6.24. The number of carboxylic acids is 1. The summed E-state index contributed by atoms with van der Waals surface area (Å²) in [5.74, 6) is -1.71. The number of hydrogen-bond donors (Lipinski definition) is 1. The Morgan fingerprint density at radius 3 is 2.33 bits per heavy atom. The minimum absolute atomic E-state index is 0.0776. The maximum absolute atomic E-state index is 12.5. The van der Waals surface area contributed by atoms with Crippen molar-refractivity contribution in [3.8, 4) is 0 Å². The Kier molecular flexibility index (Phi) is 4.76. The monoisotopic (exact) mass is 380 g/mol. The Labute approximate surface area is 131 Å². The first-order valence-corrected chi connectivity index (χ1v) is 8.73. The number of halogens is 1. The fourth-order valence-corrected chi connectivity index (χ4v) is 4.56. The number of sulfonamides is 1. The third kappa shape index (κ3) is 3.31. The number of piperazine rings is 1. The van der Waals surface area contributed by atoms with Gasteiger partial charge in [-0.05, 0) is 29.8 Å². The van der Waals surface area contributed by atoms with Crippen LogP contribution in [-0.4, -0.2) is 60.9 Å². The molecule has 1 fully saturated rings. The lowest BCUT2D eigenvalue weighted by molar-refractivity contribution is 0.0661. The molecule has 118 valence electrons. The molecule has 1 saturated heterocycles. The third-order valence-electron chi connectivity index (χ3n) is 3.49. The predicted molar refractivity (Wildman–Crippen MR) is 78.8 cm³/mol. The quantitative estimate of drug-likeness (QED) is 0.849. The fourth-order valence-electron chi connectivity index (χ4n) is 2.23. The summed E-state index contributed by atoms with van der Waals surface area (Å²) in [6.07, 6.45) is 0. The van der Waals surface area contributed by atoms with Crippen molar-refractivity contribution in [1.29, 1.82) is 0 Å². The predicted octanol–water partition coefficient (Wildman–Crippen LogP) is 1.46. The summed E-state index contributed by atoms with van der Waals surface area (Å²) in [5.41, 5.74) is 0. The maximum Gasteiger partial charge on any atom is 0.371 e. The summed E-state index contributed by atoms with van der Waals surface area (Å²) in [6, 6.07) is 1.41. The molecule has 9 heteroatoms. The molecule has 2 heterocycles. The first kappa shape index (κ1) is 16.5. The average molecular weight is 381 g/mol. The van der Waals surface area contributed by atoms with Crippen LogP contribution >= 0.6 is 15.9 Å². The van der Waals surface area contributed by atoms with Crippen LogP contribution < -0.4 is 0 Å². The second-order valence-electron chi connectivity index (χ2n) is 5.09. The van der Waals surface area contributed by atoms with Crippen molar-refractivity contribution in [3.05, 3.63) is 16.5 Å². The standard InChI is InChI=1S/C12H17BrN2O5S/c1-8(2)14-3-5-15(6-4-14)21(18,19)10-7-9(12(16)17)20-11(10)13/h7-8H,3-6H2,1-2H3,(H,16,17). The zero-order valence-corrected chi connectivity index (χ0v) is 14.1. The van der Waals surface area contributed by atoms with Gasteiger partial charge in [0.1, 0.15) is 4.90 Å². The Morgan fingerprint density at radius 1 is 1.33 bits per heavy atom. The number of furan rings is 1. The van der Waals surface area contributed by atoms with E-state index < -0.39 is 21.8 Å². The van der Waals surface area contributed by atoms with Crippen molar-refractivity contribution in [2.75, 3.05) is 26.2 Å². The fraction of sp³-hybridized carbons (Fsp3) is 0.583. The van der Waals surface area contributed by atoms with Gasteiger partial charge in [-0.25, -0.2) is 13.2 Å². The van der Waals surface area contributed by atoms with Gasteiger partial charge in [-0.3, -0.25) is 4.90 Å². The topological polar surface area (TPSA) is 91.1 Å². The summed E-state index contributed by atoms with van der Waals surface area (Å²) in [7, 11) is -3.75. The minimum Gasteiger partial charge on any atom is -0.475 e. The number of aromatic carboxylic acids is 1. The van der Waals surface area contributed by atoms with Crippen molar-refractivity contribution in [1.82, 2.24) is 9.21 Å². The molecule has 0 atom stereocenters. The van der Waals surface area contributed by atoms with Gasteiger partial charge >= 0.3 is 5.97 Å². The highest BCUT2D eigenvalue weighted by molar-refractivity contribution is 9.10. The first-order chi connectivity index (χ1) is 9.73. The van der Waals surface area contributed by atoms with Crippen molar-refractivity contribution in [2.24, 2.45) is 0 Å². The van der Waals surface area contributed by atoms with Crippen LogP contribution in [0.4, 0.5) is 0 Å². The molecule has 2 rings (SSSR count). The van der Waals surface area contributed by atoms with E-state index in [1.165, 1.54) is 4.31 Å². The zero-order chi connectivity index (χ0) is 15.8. The van der Waals surface area contributed by atoms with E-state index in [2.05, 4.69) is 34.7 Å². The lowest BCUT2D eigenvalue weighted by Crippen LogP contribution is -2.50. The first-order valence-electron chi connectivity index (χ1n) is 6.50. The summed E-state index contributed by atoms with van der Waals surface area (Å²) in [4.78, 5) is 12.9. The summed E-state index contributed by atoms with van der Waals surface area (Å²) < 4.78 is 31.3. The van der Waals surface area contributed by atoms with Gasteiger partial charge in [0.25, 0.3) is 0 Å². The molecule has 0 radical (unpaired) electrons. The smallest absolute Gasteiger partial charge is 0.371 e. The Morgan fingerprint density at radius 2 is 1.90 bits per heavy atom. The van der Waals surface area contributed by atoms with Crippen LogP contribution in [0.1, 0.15) is 24.4 Å². The molecular formula is C12H17BrN2O5S. The highest BCUT2D eigenvalue weighted by atomic mass is 79.9. The molecule has 1 aliphatic rings. The lowest BCUT2D eigenvalue weighted by Gasteiger charge is -2.35. The van der Waals surface area contributed by atoms with E-state index >= 15 is 0 Å². The van der Waals surface area contributed by atoms with Crippen LogP contribution in [0.15, 0.2) is 20.0 Å². The average Bonchev–Trinajstić information content (AvgIpc) is 2.82. The molecule has 0 amide bonds.